The third-order valence-corrected chi connectivity index (χ3v) is 4.22. The predicted molar refractivity (Wildman–Crippen MR) is 86.3 cm³/mol. The van der Waals surface area contributed by atoms with Crippen LogP contribution in [0, 0.1) is 11.7 Å². The van der Waals surface area contributed by atoms with Gasteiger partial charge in [-0.1, -0.05) is 12.1 Å². The van der Waals surface area contributed by atoms with Crippen LogP contribution in [0.15, 0.2) is 41.5 Å². The van der Waals surface area contributed by atoms with Crippen molar-refractivity contribution in [3.63, 3.8) is 0 Å². The second-order valence-electron chi connectivity index (χ2n) is 5.84. The van der Waals surface area contributed by atoms with E-state index in [0.717, 1.165) is 25.9 Å². The molecule has 122 valence electrons. The molecule has 1 aliphatic heterocycles. The second kappa shape index (κ2) is 6.81. The molecule has 0 atom stereocenters. The Morgan fingerprint density at radius 1 is 1.30 bits per heavy atom. The fourth-order valence-corrected chi connectivity index (χ4v) is 2.78. The summed E-state index contributed by atoms with van der Waals surface area (Å²) in [7, 11) is 1.72. The lowest BCUT2D eigenvalue weighted by Crippen LogP contribution is -2.39. The molecule has 0 spiro atoms. The lowest BCUT2D eigenvalue weighted by molar-refractivity contribution is 0.215. The van der Waals surface area contributed by atoms with Gasteiger partial charge in [0, 0.05) is 32.5 Å². The molecule has 5 nitrogen and oxygen atoms in total. The van der Waals surface area contributed by atoms with E-state index in [9.17, 15) is 9.18 Å². The van der Waals surface area contributed by atoms with Crippen LogP contribution in [0.2, 0.25) is 0 Å². The van der Waals surface area contributed by atoms with Crippen LogP contribution in [0.5, 0.6) is 5.75 Å². The van der Waals surface area contributed by atoms with Crippen molar-refractivity contribution in [3.05, 3.63) is 52.8 Å². The number of benzene rings is 1. The minimum absolute atomic E-state index is 0.0754. The summed E-state index contributed by atoms with van der Waals surface area (Å²) in [6.07, 6.45) is 5.09. The Hall–Kier alpha value is -2.37. The van der Waals surface area contributed by atoms with E-state index in [2.05, 4.69) is 4.98 Å². The van der Waals surface area contributed by atoms with E-state index in [1.54, 1.807) is 37.6 Å². The Kier molecular flexibility index (Phi) is 4.60. The molecule has 2 heterocycles. The number of piperidine rings is 1. The van der Waals surface area contributed by atoms with Gasteiger partial charge in [-0.05, 0) is 30.9 Å². The summed E-state index contributed by atoms with van der Waals surface area (Å²) in [6, 6.07) is 6.45. The summed E-state index contributed by atoms with van der Waals surface area (Å²) >= 11 is 0. The van der Waals surface area contributed by atoms with E-state index in [0.29, 0.717) is 24.1 Å². The Morgan fingerprint density at radius 3 is 2.78 bits per heavy atom. The van der Waals surface area contributed by atoms with Gasteiger partial charge in [0.05, 0.1) is 6.61 Å². The summed E-state index contributed by atoms with van der Waals surface area (Å²) in [5.74, 6) is 0.831. The first-order valence-electron chi connectivity index (χ1n) is 7.79. The van der Waals surface area contributed by atoms with Gasteiger partial charge in [-0.3, -0.25) is 4.79 Å². The maximum Gasteiger partial charge on any atom is 0.293 e. The molecule has 1 fully saturated rings. The molecule has 1 saturated heterocycles. The molecule has 1 aromatic carbocycles. The molecule has 3 rings (SSSR count). The molecule has 6 heteroatoms. The number of aromatic nitrogens is 2. The molecular formula is C17H20FN3O2. The fourth-order valence-electron chi connectivity index (χ4n) is 2.78. The first-order valence-corrected chi connectivity index (χ1v) is 7.79. The second-order valence-corrected chi connectivity index (χ2v) is 5.84. The summed E-state index contributed by atoms with van der Waals surface area (Å²) in [4.78, 5) is 18.3. The Labute approximate surface area is 134 Å². The van der Waals surface area contributed by atoms with Crippen LogP contribution >= 0.6 is 0 Å². The lowest BCUT2D eigenvalue weighted by atomic mass is 9.98. The third-order valence-electron chi connectivity index (χ3n) is 4.22. The molecule has 1 aliphatic rings. The molecule has 0 radical (unpaired) electrons. The summed E-state index contributed by atoms with van der Waals surface area (Å²) < 4.78 is 20.7. The Balaban J connectivity index is 1.55. The van der Waals surface area contributed by atoms with Gasteiger partial charge in [0.2, 0.25) is 0 Å². The van der Waals surface area contributed by atoms with Crippen molar-refractivity contribution in [2.24, 2.45) is 13.0 Å². The maximum atomic E-state index is 13.5. The average Bonchev–Trinajstić information content (AvgIpc) is 2.57. The van der Waals surface area contributed by atoms with Gasteiger partial charge in [-0.2, -0.15) is 0 Å². The van der Waals surface area contributed by atoms with Crippen LogP contribution in [0.3, 0.4) is 0 Å². The van der Waals surface area contributed by atoms with E-state index in [1.807, 2.05) is 4.90 Å². The SMILES string of the molecule is Cn1ccnc(N2CCC(COc3ccccc3F)CC2)c1=O. The predicted octanol–water partition coefficient (Wildman–Crippen LogP) is 2.21. The van der Waals surface area contributed by atoms with Gasteiger partial charge in [-0.25, -0.2) is 9.37 Å². The van der Waals surface area contributed by atoms with Crippen molar-refractivity contribution in [2.45, 2.75) is 12.8 Å². The largest absolute Gasteiger partial charge is 0.490 e. The molecule has 1 aromatic heterocycles. The van der Waals surface area contributed by atoms with Gasteiger partial charge in [0.1, 0.15) is 0 Å². The molecule has 2 aromatic rings. The number of hydrogen-bond acceptors (Lipinski definition) is 4. The van der Waals surface area contributed by atoms with E-state index in [-0.39, 0.29) is 11.4 Å². The number of rotatable bonds is 4. The van der Waals surface area contributed by atoms with Crippen molar-refractivity contribution >= 4 is 5.82 Å². The minimum Gasteiger partial charge on any atom is -0.490 e. The number of para-hydroxylation sites is 1. The Bertz CT molecular complexity index is 724. The highest BCUT2D eigenvalue weighted by Gasteiger charge is 2.22. The van der Waals surface area contributed by atoms with E-state index in [1.165, 1.54) is 10.6 Å². The van der Waals surface area contributed by atoms with Crippen molar-refractivity contribution < 1.29 is 9.13 Å². The molecule has 0 saturated carbocycles. The van der Waals surface area contributed by atoms with E-state index < -0.39 is 0 Å². The van der Waals surface area contributed by atoms with E-state index >= 15 is 0 Å². The molecule has 0 amide bonds. The zero-order valence-corrected chi connectivity index (χ0v) is 13.1. The normalized spacial score (nSPS) is 15.7. The highest BCUT2D eigenvalue weighted by molar-refractivity contribution is 5.36. The van der Waals surface area contributed by atoms with Crippen molar-refractivity contribution in [1.29, 1.82) is 0 Å². The first kappa shape index (κ1) is 15.5. The van der Waals surface area contributed by atoms with Gasteiger partial charge >= 0.3 is 0 Å². The first-order chi connectivity index (χ1) is 11.1. The van der Waals surface area contributed by atoms with Crippen LogP contribution < -0.4 is 15.2 Å². The zero-order chi connectivity index (χ0) is 16.2. The minimum atomic E-state index is -0.332. The quantitative estimate of drug-likeness (QED) is 0.867. The van der Waals surface area contributed by atoms with Crippen LogP contribution in [-0.2, 0) is 7.05 Å². The highest BCUT2D eigenvalue weighted by Crippen LogP contribution is 2.22. The van der Waals surface area contributed by atoms with Crippen molar-refractivity contribution in [2.75, 3.05) is 24.6 Å². The van der Waals surface area contributed by atoms with E-state index in [4.69, 9.17) is 4.74 Å². The monoisotopic (exact) mass is 317 g/mol. The van der Waals surface area contributed by atoms with Gasteiger partial charge < -0.3 is 14.2 Å². The van der Waals surface area contributed by atoms with Crippen molar-refractivity contribution in [3.8, 4) is 5.75 Å². The number of halogens is 1. The number of nitrogens with zero attached hydrogens (tertiary/aromatic N) is 3. The zero-order valence-electron chi connectivity index (χ0n) is 13.1. The molecule has 0 N–H and O–H groups in total. The molecule has 0 bridgehead atoms. The topological polar surface area (TPSA) is 47.4 Å². The van der Waals surface area contributed by atoms with Gasteiger partial charge in [0.15, 0.2) is 17.4 Å². The number of aryl methyl sites for hydroxylation is 1. The Morgan fingerprint density at radius 2 is 2.04 bits per heavy atom. The molecule has 0 aliphatic carbocycles. The fraction of sp³-hybridized carbons (Fsp3) is 0.412. The van der Waals surface area contributed by atoms with Crippen LogP contribution in [0.25, 0.3) is 0 Å². The van der Waals surface area contributed by atoms with Crippen LogP contribution in [0.1, 0.15) is 12.8 Å². The van der Waals surface area contributed by atoms with Crippen molar-refractivity contribution in [1.82, 2.24) is 9.55 Å². The average molecular weight is 317 g/mol. The number of anilines is 1. The lowest BCUT2D eigenvalue weighted by Gasteiger charge is -2.32. The molecular weight excluding hydrogens is 297 g/mol. The van der Waals surface area contributed by atoms with Crippen LogP contribution in [0.4, 0.5) is 10.2 Å². The number of ether oxygens (including phenoxy) is 1. The molecule has 23 heavy (non-hydrogen) atoms. The maximum absolute atomic E-state index is 13.5. The van der Waals surface area contributed by atoms with Crippen LogP contribution in [-0.4, -0.2) is 29.2 Å². The van der Waals surface area contributed by atoms with Gasteiger partial charge in [-0.15, -0.1) is 0 Å². The highest BCUT2D eigenvalue weighted by atomic mass is 19.1. The smallest absolute Gasteiger partial charge is 0.293 e. The molecule has 0 unspecified atom stereocenters. The standard InChI is InChI=1S/C17H20FN3O2/c1-20-11-8-19-16(17(20)22)21-9-6-13(7-10-21)12-23-15-5-3-2-4-14(15)18/h2-5,8,11,13H,6-7,9-10,12H2,1H3. The third kappa shape index (κ3) is 3.52. The number of hydrogen-bond donors (Lipinski definition) is 0. The summed E-state index contributed by atoms with van der Waals surface area (Å²) in [5, 5.41) is 0. The van der Waals surface area contributed by atoms with Gasteiger partial charge in [0.25, 0.3) is 5.56 Å². The summed E-state index contributed by atoms with van der Waals surface area (Å²) in [6.45, 7) is 2.02. The summed E-state index contributed by atoms with van der Waals surface area (Å²) in [5.41, 5.74) is -0.0754.